The fourth-order valence-corrected chi connectivity index (χ4v) is 2.95. The number of nitrogens with zero attached hydrogens (tertiary/aromatic N) is 2. The van der Waals surface area contributed by atoms with E-state index in [1.165, 1.54) is 0 Å². The summed E-state index contributed by atoms with van der Waals surface area (Å²) < 4.78 is 0. The van der Waals surface area contributed by atoms with E-state index in [9.17, 15) is 9.59 Å². The predicted molar refractivity (Wildman–Crippen MR) is 92.7 cm³/mol. The van der Waals surface area contributed by atoms with Crippen LogP contribution in [0.1, 0.15) is 13.8 Å². The van der Waals surface area contributed by atoms with Crippen LogP contribution in [0.5, 0.6) is 0 Å². The number of carbonyl (C=O) groups excluding carboxylic acids is 2. The van der Waals surface area contributed by atoms with Gasteiger partial charge in [-0.05, 0) is 44.2 Å². The average molecular weight is 336 g/mol. The van der Waals surface area contributed by atoms with E-state index in [4.69, 9.17) is 11.6 Å². The Kier molecular flexibility index (Phi) is 5.31. The van der Waals surface area contributed by atoms with Crippen LogP contribution in [-0.4, -0.2) is 48.4 Å². The highest BCUT2D eigenvalue weighted by molar-refractivity contribution is 6.30. The van der Waals surface area contributed by atoms with Crippen molar-refractivity contribution in [2.24, 2.45) is 0 Å². The molecule has 1 saturated heterocycles. The van der Waals surface area contributed by atoms with Gasteiger partial charge in [0.25, 0.3) is 0 Å². The zero-order valence-electron chi connectivity index (χ0n) is 13.5. The predicted octanol–water partition coefficient (Wildman–Crippen LogP) is 2.07. The maximum absolute atomic E-state index is 12.4. The van der Waals surface area contributed by atoms with Crippen molar-refractivity contribution in [2.75, 3.05) is 31.1 Å². The second-order valence-electron chi connectivity index (χ2n) is 6.18. The first kappa shape index (κ1) is 17.3. The third-order valence-corrected chi connectivity index (χ3v) is 4.25. The van der Waals surface area contributed by atoms with Gasteiger partial charge in [0.15, 0.2) is 0 Å². The van der Waals surface area contributed by atoms with Gasteiger partial charge in [0.2, 0.25) is 11.8 Å². The molecule has 1 heterocycles. The minimum atomic E-state index is -0.337. The van der Waals surface area contributed by atoms with Gasteiger partial charge in [0.1, 0.15) is 0 Å². The van der Waals surface area contributed by atoms with E-state index in [0.717, 1.165) is 24.9 Å². The van der Waals surface area contributed by atoms with Crippen LogP contribution >= 0.6 is 11.6 Å². The van der Waals surface area contributed by atoms with Gasteiger partial charge >= 0.3 is 0 Å². The summed E-state index contributed by atoms with van der Waals surface area (Å²) in [4.78, 5) is 27.6. The Morgan fingerprint density at radius 1 is 1.30 bits per heavy atom. The number of amides is 2. The van der Waals surface area contributed by atoms with Crippen molar-refractivity contribution in [3.8, 4) is 0 Å². The van der Waals surface area contributed by atoms with E-state index in [1.807, 2.05) is 43.0 Å². The maximum Gasteiger partial charge on any atom is 0.243 e. The van der Waals surface area contributed by atoms with Crippen LogP contribution < -0.4 is 10.2 Å². The standard InChI is InChI=1S/C17H22ClN3O2/c1-4-15(22)19-11-16(23)21-10-9-20(12-17(21,2)3)14-7-5-13(18)6-8-14/h4-8H,1,9-12H2,2-3H3,(H,19,22). The van der Waals surface area contributed by atoms with Gasteiger partial charge in [-0.2, -0.15) is 0 Å². The molecule has 2 rings (SSSR count). The number of anilines is 1. The molecular formula is C17H22ClN3O2. The smallest absolute Gasteiger partial charge is 0.243 e. The molecule has 1 aliphatic heterocycles. The lowest BCUT2D eigenvalue weighted by molar-refractivity contribution is -0.137. The molecule has 0 aromatic heterocycles. The van der Waals surface area contributed by atoms with Crippen molar-refractivity contribution >= 4 is 29.1 Å². The Balaban J connectivity index is 2.02. The van der Waals surface area contributed by atoms with Gasteiger partial charge in [-0.15, -0.1) is 0 Å². The molecule has 0 spiro atoms. The molecule has 1 N–H and O–H groups in total. The van der Waals surface area contributed by atoms with Gasteiger partial charge < -0.3 is 15.1 Å². The van der Waals surface area contributed by atoms with E-state index >= 15 is 0 Å². The van der Waals surface area contributed by atoms with Crippen LogP contribution in [0, 0.1) is 0 Å². The number of nitrogens with one attached hydrogen (secondary N) is 1. The number of hydrogen-bond acceptors (Lipinski definition) is 3. The molecule has 6 heteroatoms. The second-order valence-corrected chi connectivity index (χ2v) is 6.61. The van der Waals surface area contributed by atoms with E-state index < -0.39 is 0 Å². The highest BCUT2D eigenvalue weighted by atomic mass is 35.5. The van der Waals surface area contributed by atoms with Gasteiger partial charge in [-0.1, -0.05) is 18.2 Å². The molecule has 5 nitrogen and oxygen atoms in total. The van der Waals surface area contributed by atoms with Crippen LogP contribution in [0.15, 0.2) is 36.9 Å². The number of rotatable bonds is 4. The van der Waals surface area contributed by atoms with Crippen LogP contribution in [0.25, 0.3) is 0 Å². The van der Waals surface area contributed by atoms with Crippen LogP contribution in [-0.2, 0) is 9.59 Å². The Morgan fingerprint density at radius 3 is 2.52 bits per heavy atom. The van der Waals surface area contributed by atoms with Crippen molar-refractivity contribution < 1.29 is 9.59 Å². The lowest BCUT2D eigenvalue weighted by Gasteiger charge is -2.48. The molecule has 2 amide bonds. The van der Waals surface area contributed by atoms with E-state index in [2.05, 4.69) is 16.8 Å². The monoisotopic (exact) mass is 335 g/mol. The number of hydrogen-bond donors (Lipinski definition) is 1. The number of carbonyl (C=O) groups is 2. The van der Waals surface area contributed by atoms with E-state index in [-0.39, 0.29) is 23.9 Å². The molecule has 0 bridgehead atoms. The molecule has 0 saturated carbocycles. The number of benzene rings is 1. The van der Waals surface area contributed by atoms with Crippen molar-refractivity contribution in [1.29, 1.82) is 0 Å². The zero-order valence-corrected chi connectivity index (χ0v) is 14.3. The summed E-state index contributed by atoms with van der Waals surface area (Å²) in [5.41, 5.74) is 0.767. The third kappa shape index (κ3) is 4.26. The van der Waals surface area contributed by atoms with Gasteiger partial charge in [-0.3, -0.25) is 9.59 Å². The molecule has 0 radical (unpaired) electrons. The molecule has 0 aliphatic carbocycles. The highest BCUT2D eigenvalue weighted by Gasteiger charge is 2.36. The summed E-state index contributed by atoms with van der Waals surface area (Å²) in [7, 11) is 0. The Bertz CT molecular complexity index is 598. The first-order chi connectivity index (χ1) is 10.8. The average Bonchev–Trinajstić information content (AvgIpc) is 2.52. The third-order valence-electron chi connectivity index (χ3n) is 3.99. The van der Waals surface area contributed by atoms with Crippen LogP contribution in [0.4, 0.5) is 5.69 Å². The van der Waals surface area contributed by atoms with Crippen molar-refractivity contribution in [3.63, 3.8) is 0 Å². The van der Waals surface area contributed by atoms with Crippen molar-refractivity contribution in [2.45, 2.75) is 19.4 Å². The molecular weight excluding hydrogens is 314 g/mol. The van der Waals surface area contributed by atoms with Gasteiger partial charge in [0, 0.05) is 30.3 Å². The van der Waals surface area contributed by atoms with E-state index in [1.54, 1.807) is 0 Å². The molecule has 1 aliphatic rings. The molecule has 124 valence electrons. The summed E-state index contributed by atoms with van der Waals surface area (Å²) in [6, 6.07) is 7.71. The SMILES string of the molecule is C=CC(=O)NCC(=O)N1CCN(c2ccc(Cl)cc2)CC1(C)C. The van der Waals surface area contributed by atoms with E-state index in [0.29, 0.717) is 11.6 Å². The first-order valence-corrected chi connectivity index (χ1v) is 7.92. The fourth-order valence-electron chi connectivity index (χ4n) is 2.82. The fraction of sp³-hybridized carbons (Fsp3) is 0.412. The van der Waals surface area contributed by atoms with Crippen LogP contribution in [0.3, 0.4) is 0 Å². The Hall–Kier alpha value is -2.01. The summed E-state index contributed by atoms with van der Waals surface area (Å²) in [5.74, 6) is -0.420. The minimum Gasteiger partial charge on any atom is -0.367 e. The molecule has 1 aromatic rings. The quantitative estimate of drug-likeness (QED) is 0.857. The summed E-state index contributed by atoms with van der Waals surface area (Å²) in [6.07, 6.45) is 1.16. The number of piperazine rings is 1. The maximum atomic E-state index is 12.4. The Morgan fingerprint density at radius 2 is 1.96 bits per heavy atom. The largest absolute Gasteiger partial charge is 0.367 e. The normalized spacial score (nSPS) is 16.8. The lowest BCUT2D eigenvalue weighted by Crippen LogP contribution is -2.62. The molecule has 0 unspecified atom stereocenters. The number of halogens is 1. The van der Waals surface area contributed by atoms with Crippen LogP contribution in [0.2, 0.25) is 5.02 Å². The van der Waals surface area contributed by atoms with Gasteiger partial charge in [-0.25, -0.2) is 0 Å². The van der Waals surface area contributed by atoms with Crippen molar-refractivity contribution in [3.05, 3.63) is 41.9 Å². The van der Waals surface area contributed by atoms with Gasteiger partial charge in [0.05, 0.1) is 12.1 Å². The summed E-state index contributed by atoms with van der Waals surface area (Å²) in [5, 5.41) is 3.25. The molecule has 0 atom stereocenters. The molecule has 1 aromatic carbocycles. The topological polar surface area (TPSA) is 52.7 Å². The highest BCUT2D eigenvalue weighted by Crippen LogP contribution is 2.26. The minimum absolute atomic E-state index is 0.00473. The lowest BCUT2D eigenvalue weighted by atomic mass is 9.98. The Labute approximate surface area is 141 Å². The summed E-state index contributed by atoms with van der Waals surface area (Å²) in [6.45, 7) is 9.50. The van der Waals surface area contributed by atoms with Crippen molar-refractivity contribution in [1.82, 2.24) is 10.2 Å². The summed E-state index contributed by atoms with van der Waals surface area (Å²) >= 11 is 5.93. The first-order valence-electron chi connectivity index (χ1n) is 7.55. The second kappa shape index (κ2) is 7.04. The molecule has 1 fully saturated rings. The molecule has 23 heavy (non-hydrogen) atoms. The zero-order chi connectivity index (χ0) is 17.0.